The lowest BCUT2D eigenvalue weighted by molar-refractivity contribution is 0.131. The standard InChI is InChI=1S/C20H21N5O2/c26-19-9-15(25-6-5-21-12-25)3-4-17(19)18-10-23-20(11-22-18)27-16-7-13-1-2-14(8-16)24-13/h3-6,9-14,16,24,26H,1-2,7-8H2. The third-order valence-electron chi connectivity index (χ3n) is 5.41. The summed E-state index contributed by atoms with van der Waals surface area (Å²) in [6.07, 6.45) is 13.2. The van der Waals surface area contributed by atoms with Crippen molar-refractivity contribution < 1.29 is 9.84 Å². The number of piperidine rings is 1. The van der Waals surface area contributed by atoms with E-state index in [1.54, 1.807) is 31.0 Å². The highest BCUT2D eigenvalue weighted by molar-refractivity contribution is 5.68. The van der Waals surface area contributed by atoms with E-state index in [2.05, 4.69) is 20.3 Å². The minimum atomic E-state index is 0.152. The van der Waals surface area contributed by atoms with Gasteiger partial charge < -0.3 is 19.7 Å². The molecule has 138 valence electrons. The van der Waals surface area contributed by atoms with E-state index in [1.165, 1.54) is 12.8 Å². The van der Waals surface area contributed by atoms with Crippen molar-refractivity contribution in [2.75, 3.05) is 0 Å². The summed E-state index contributed by atoms with van der Waals surface area (Å²) < 4.78 is 7.87. The summed E-state index contributed by atoms with van der Waals surface area (Å²) in [6.45, 7) is 0. The maximum absolute atomic E-state index is 10.4. The SMILES string of the molecule is Oc1cc(-n2ccnc2)ccc1-c1cnc(OC2CC3CCC(C2)N3)cn1. The highest BCUT2D eigenvalue weighted by atomic mass is 16.5. The molecule has 0 spiro atoms. The first-order chi connectivity index (χ1) is 13.2. The van der Waals surface area contributed by atoms with E-state index >= 15 is 0 Å². The molecule has 2 aliphatic rings. The average Bonchev–Trinajstić information content (AvgIpc) is 3.32. The van der Waals surface area contributed by atoms with Crippen LogP contribution in [0.2, 0.25) is 0 Å². The van der Waals surface area contributed by atoms with Crippen LogP contribution >= 0.6 is 0 Å². The van der Waals surface area contributed by atoms with Gasteiger partial charge in [-0.05, 0) is 37.8 Å². The fraction of sp³-hybridized carbons (Fsp3) is 0.350. The third kappa shape index (κ3) is 3.26. The largest absolute Gasteiger partial charge is 0.507 e. The number of fused-ring (bicyclic) bond motifs is 2. The van der Waals surface area contributed by atoms with E-state index < -0.39 is 0 Å². The van der Waals surface area contributed by atoms with Crippen LogP contribution in [-0.4, -0.2) is 42.8 Å². The number of nitrogens with zero attached hydrogens (tertiary/aromatic N) is 4. The number of phenolic OH excluding ortho intramolecular Hbond substituents is 1. The van der Waals surface area contributed by atoms with E-state index in [-0.39, 0.29) is 11.9 Å². The molecule has 2 bridgehead atoms. The number of benzene rings is 1. The highest BCUT2D eigenvalue weighted by Crippen LogP contribution is 2.31. The fourth-order valence-electron chi connectivity index (χ4n) is 4.10. The number of hydrogen-bond donors (Lipinski definition) is 2. The van der Waals surface area contributed by atoms with Crippen LogP contribution < -0.4 is 10.1 Å². The van der Waals surface area contributed by atoms with Crippen molar-refractivity contribution in [3.63, 3.8) is 0 Å². The van der Waals surface area contributed by atoms with Crippen molar-refractivity contribution in [1.82, 2.24) is 24.8 Å². The summed E-state index contributed by atoms with van der Waals surface area (Å²) in [6, 6.07) is 6.58. The number of phenols is 1. The molecule has 27 heavy (non-hydrogen) atoms. The molecule has 3 aromatic rings. The lowest BCUT2D eigenvalue weighted by Gasteiger charge is -2.28. The molecule has 5 rings (SSSR count). The zero-order valence-corrected chi connectivity index (χ0v) is 14.8. The quantitative estimate of drug-likeness (QED) is 0.741. The smallest absolute Gasteiger partial charge is 0.232 e. The Balaban J connectivity index is 1.31. The summed E-state index contributed by atoms with van der Waals surface area (Å²) >= 11 is 0. The van der Waals surface area contributed by atoms with Gasteiger partial charge in [-0.25, -0.2) is 15.0 Å². The van der Waals surface area contributed by atoms with Gasteiger partial charge >= 0.3 is 0 Å². The molecular formula is C20H21N5O2. The van der Waals surface area contributed by atoms with Gasteiger partial charge in [-0.1, -0.05) is 0 Å². The van der Waals surface area contributed by atoms with Crippen LogP contribution in [0, 0.1) is 0 Å². The minimum Gasteiger partial charge on any atom is -0.507 e. The van der Waals surface area contributed by atoms with Crippen molar-refractivity contribution in [2.24, 2.45) is 0 Å². The van der Waals surface area contributed by atoms with Crippen molar-refractivity contribution in [3.05, 3.63) is 49.3 Å². The van der Waals surface area contributed by atoms with E-state index in [0.29, 0.717) is 29.2 Å². The van der Waals surface area contributed by atoms with Gasteiger partial charge in [0.2, 0.25) is 5.88 Å². The lowest BCUT2D eigenvalue weighted by Crippen LogP contribution is -2.42. The minimum absolute atomic E-state index is 0.152. The van der Waals surface area contributed by atoms with Gasteiger partial charge in [0.1, 0.15) is 11.9 Å². The first-order valence-electron chi connectivity index (χ1n) is 9.31. The number of aromatic hydroxyl groups is 1. The van der Waals surface area contributed by atoms with Crippen molar-refractivity contribution in [3.8, 4) is 28.6 Å². The van der Waals surface area contributed by atoms with E-state index in [0.717, 1.165) is 18.5 Å². The van der Waals surface area contributed by atoms with Gasteiger partial charge in [0.25, 0.3) is 0 Å². The Labute approximate surface area is 157 Å². The topological polar surface area (TPSA) is 85.1 Å². The molecule has 7 heteroatoms. The molecule has 2 unspecified atom stereocenters. The number of rotatable bonds is 4. The van der Waals surface area contributed by atoms with Crippen molar-refractivity contribution in [1.29, 1.82) is 0 Å². The summed E-state index contributed by atoms with van der Waals surface area (Å²) in [5.41, 5.74) is 2.09. The molecule has 0 radical (unpaired) electrons. The average molecular weight is 363 g/mol. The second kappa shape index (κ2) is 6.66. The molecule has 2 N–H and O–H groups in total. The van der Waals surface area contributed by atoms with Crippen molar-refractivity contribution >= 4 is 0 Å². The molecule has 2 aromatic heterocycles. The molecule has 2 fully saturated rings. The number of aromatic nitrogens is 4. The Morgan fingerprint density at radius 2 is 1.96 bits per heavy atom. The molecule has 0 saturated carbocycles. The van der Waals surface area contributed by atoms with Gasteiger partial charge in [0, 0.05) is 36.1 Å². The van der Waals surface area contributed by atoms with Gasteiger partial charge in [-0.15, -0.1) is 0 Å². The van der Waals surface area contributed by atoms with E-state index in [1.807, 2.05) is 22.9 Å². The normalized spacial score (nSPS) is 24.1. The maximum atomic E-state index is 10.4. The first-order valence-corrected chi connectivity index (χ1v) is 9.31. The Hall–Kier alpha value is -2.93. The number of nitrogens with one attached hydrogen (secondary N) is 1. The highest BCUT2D eigenvalue weighted by Gasteiger charge is 2.34. The number of ether oxygens (including phenoxy) is 1. The number of hydrogen-bond acceptors (Lipinski definition) is 6. The fourth-order valence-corrected chi connectivity index (χ4v) is 4.10. The molecule has 0 amide bonds. The van der Waals surface area contributed by atoms with Gasteiger partial charge in [-0.2, -0.15) is 0 Å². The molecule has 4 heterocycles. The Morgan fingerprint density at radius 1 is 1.11 bits per heavy atom. The van der Waals surface area contributed by atoms with Crippen LogP contribution in [0.1, 0.15) is 25.7 Å². The van der Waals surface area contributed by atoms with E-state index in [4.69, 9.17) is 4.74 Å². The van der Waals surface area contributed by atoms with E-state index in [9.17, 15) is 5.11 Å². The Bertz CT molecular complexity index is 914. The molecule has 2 atom stereocenters. The molecule has 7 nitrogen and oxygen atoms in total. The first kappa shape index (κ1) is 16.3. The second-order valence-electron chi connectivity index (χ2n) is 7.26. The number of imidazole rings is 1. The molecule has 2 saturated heterocycles. The summed E-state index contributed by atoms with van der Waals surface area (Å²) in [7, 11) is 0. The molecule has 0 aliphatic carbocycles. The Morgan fingerprint density at radius 3 is 2.63 bits per heavy atom. The molecular weight excluding hydrogens is 342 g/mol. The van der Waals surface area contributed by atoms with Crippen LogP contribution in [0.3, 0.4) is 0 Å². The van der Waals surface area contributed by atoms with Crippen molar-refractivity contribution in [2.45, 2.75) is 43.9 Å². The zero-order chi connectivity index (χ0) is 18.2. The van der Waals surface area contributed by atoms with Gasteiger partial charge in [-0.3, -0.25) is 0 Å². The molecule has 1 aromatic carbocycles. The van der Waals surface area contributed by atoms with Crippen LogP contribution in [0.4, 0.5) is 0 Å². The summed E-state index contributed by atoms with van der Waals surface area (Å²) in [4.78, 5) is 12.9. The van der Waals surface area contributed by atoms with Crippen LogP contribution in [-0.2, 0) is 0 Å². The van der Waals surface area contributed by atoms with Gasteiger partial charge in [0.15, 0.2) is 0 Å². The van der Waals surface area contributed by atoms with Crippen LogP contribution in [0.15, 0.2) is 49.3 Å². The van der Waals surface area contributed by atoms with Gasteiger partial charge in [0.05, 0.1) is 30.1 Å². The van der Waals surface area contributed by atoms with Crippen LogP contribution in [0.5, 0.6) is 11.6 Å². The zero-order valence-electron chi connectivity index (χ0n) is 14.8. The Kier molecular flexibility index (Phi) is 4.01. The summed E-state index contributed by atoms with van der Waals surface area (Å²) in [5, 5.41) is 14.0. The summed E-state index contributed by atoms with van der Waals surface area (Å²) in [5.74, 6) is 0.693. The lowest BCUT2D eigenvalue weighted by atomic mass is 10.0. The second-order valence-corrected chi connectivity index (χ2v) is 7.26. The monoisotopic (exact) mass is 363 g/mol. The predicted molar refractivity (Wildman–Crippen MR) is 99.9 cm³/mol. The molecule has 2 aliphatic heterocycles. The van der Waals surface area contributed by atoms with Crippen LogP contribution in [0.25, 0.3) is 16.9 Å². The predicted octanol–water partition coefficient (Wildman–Crippen LogP) is 2.70. The third-order valence-corrected chi connectivity index (χ3v) is 5.41. The maximum Gasteiger partial charge on any atom is 0.232 e.